The monoisotopic (exact) mass is 324 g/mol. The van der Waals surface area contributed by atoms with Gasteiger partial charge < -0.3 is 9.47 Å². The average Bonchev–Trinajstić information content (AvgIpc) is 2.49. The Bertz CT molecular complexity index is 641. The van der Waals surface area contributed by atoms with Crippen LogP contribution >= 0.6 is 23.2 Å². The molecule has 0 aromatic heterocycles. The van der Waals surface area contributed by atoms with Gasteiger partial charge in [0.05, 0.1) is 17.2 Å². The van der Waals surface area contributed by atoms with E-state index in [4.69, 9.17) is 32.7 Å². The minimum atomic E-state index is -0.185. The molecule has 0 unspecified atom stereocenters. The zero-order valence-electron chi connectivity index (χ0n) is 11.4. The molecule has 0 aliphatic rings. The molecule has 0 radical (unpaired) electrons. The van der Waals surface area contributed by atoms with E-state index in [1.165, 1.54) is 0 Å². The Morgan fingerprint density at radius 3 is 2.48 bits per heavy atom. The van der Waals surface area contributed by atoms with Gasteiger partial charge in [-0.3, -0.25) is 4.79 Å². The second-order valence-electron chi connectivity index (χ2n) is 4.19. The number of para-hydroxylation sites is 1. The van der Waals surface area contributed by atoms with Crippen LogP contribution in [0.5, 0.6) is 11.5 Å². The van der Waals surface area contributed by atoms with E-state index in [1.54, 1.807) is 36.4 Å². The molecule has 2 rings (SSSR count). The first-order chi connectivity index (χ1) is 10.1. The van der Waals surface area contributed by atoms with Crippen LogP contribution in [0.25, 0.3) is 0 Å². The summed E-state index contributed by atoms with van der Waals surface area (Å²) in [4.78, 5) is 12.2. The predicted octanol–water partition coefficient (Wildman–Crippen LogP) is 4.65. The highest BCUT2D eigenvalue weighted by Gasteiger charge is 2.14. The van der Waals surface area contributed by atoms with Gasteiger partial charge in [0.15, 0.2) is 6.61 Å². The fraction of sp³-hybridized carbons (Fsp3) is 0.188. The molecule has 0 fully saturated rings. The van der Waals surface area contributed by atoms with Crippen molar-refractivity contribution in [3.8, 4) is 11.5 Å². The Hall–Kier alpha value is -1.71. The van der Waals surface area contributed by atoms with Crippen molar-refractivity contribution >= 4 is 29.0 Å². The zero-order chi connectivity index (χ0) is 15.2. The molecule has 0 saturated carbocycles. The van der Waals surface area contributed by atoms with Crippen LogP contribution in [0.15, 0.2) is 42.5 Å². The molecule has 0 amide bonds. The molecule has 0 bridgehead atoms. The van der Waals surface area contributed by atoms with Gasteiger partial charge in [0.2, 0.25) is 5.78 Å². The van der Waals surface area contributed by atoms with Gasteiger partial charge in [-0.2, -0.15) is 0 Å². The molecule has 2 aromatic carbocycles. The maximum atomic E-state index is 12.2. The van der Waals surface area contributed by atoms with E-state index in [0.29, 0.717) is 33.7 Å². The van der Waals surface area contributed by atoms with Gasteiger partial charge in [-0.05, 0) is 31.2 Å². The van der Waals surface area contributed by atoms with Crippen LogP contribution in [0.3, 0.4) is 0 Å². The highest BCUT2D eigenvalue weighted by Crippen LogP contribution is 2.31. The molecular weight excluding hydrogens is 311 g/mol. The van der Waals surface area contributed by atoms with Crippen molar-refractivity contribution in [2.24, 2.45) is 0 Å². The van der Waals surface area contributed by atoms with Crippen LogP contribution < -0.4 is 9.47 Å². The first kappa shape index (κ1) is 15.7. The first-order valence-corrected chi connectivity index (χ1v) is 7.21. The van der Waals surface area contributed by atoms with Crippen LogP contribution in [0, 0.1) is 0 Å². The van der Waals surface area contributed by atoms with Gasteiger partial charge in [-0.1, -0.05) is 41.4 Å². The molecule has 0 spiro atoms. The first-order valence-electron chi connectivity index (χ1n) is 6.45. The fourth-order valence-corrected chi connectivity index (χ4v) is 2.14. The van der Waals surface area contributed by atoms with Crippen LogP contribution in [0.2, 0.25) is 10.0 Å². The summed E-state index contributed by atoms with van der Waals surface area (Å²) in [5.74, 6) is 0.743. The Morgan fingerprint density at radius 1 is 1.00 bits per heavy atom. The molecule has 0 aliphatic heterocycles. The highest BCUT2D eigenvalue weighted by atomic mass is 35.5. The van der Waals surface area contributed by atoms with Crippen LogP contribution in [0.1, 0.15) is 17.3 Å². The standard InChI is InChI=1S/C16H14Cl2O3/c1-2-20-14-8-4-3-6-11(14)13(19)10-21-15-9-5-7-12(17)16(15)18/h3-9H,2,10H2,1H3. The van der Waals surface area contributed by atoms with E-state index in [-0.39, 0.29) is 12.4 Å². The summed E-state index contributed by atoms with van der Waals surface area (Å²) in [5, 5.41) is 0.682. The maximum absolute atomic E-state index is 12.2. The normalized spacial score (nSPS) is 10.2. The molecule has 0 heterocycles. The van der Waals surface area contributed by atoms with Gasteiger partial charge in [0, 0.05) is 0 Å². The lowest BCUT2D eigenvalue weighted by molar-refractivity contribution is 0.0918. The topological polar surface area (TPSA) is 35.5 Å². The lowest BCUT2D eigenvalue weighted by atomic mass is 10.1. The van der Waals surface area contributed by atoms with Gasteiger partial charge in [0.25, 0.3) is 0 Å². The molecule has 0 N–H and O–H groups in total. The highest BCUT2D eigenvalue weighted by molar-refractivity contribution is 6.42. The number of hydrogen-bond acceptors (Lipinski definition) is 3. The van der Waals surface area contributed by atoms with Crippen LogP contribution in [0.4, 0.5) is 0 Å². The van der Waals surface area contributed by atoms with E-state index in [0.717, 1.165) is 0 Å². The smallest absolute Gasteiger partial charge is 0.203 e. The van der Waals surface area contributed by atoms with Crippen molar-refractivity contribution in [3.63, 3.8) is 0 Å². The van der Waals surface area contributed by atoms with Crippen molar-refractivity contribution < 1.29 is 14.3 Å². The SMILES string of the molecule is CCOc1ccccc1C(=O)COc1cccc(Cl)c1Cl. The number of ketones is 1. The summed E-state index contributed by atoms with van der Waals surface area (Å²) < 4.78 is 10.9. The predicted molar refractivity (Wildman–Crippen MR) is 83.9 cm³/mol. The van der Waals surface area contributed by atoms with Crippen molar-refractivity contribution in [1.82, 2.24) is 0 Å². The number of rotatable bonds is 6. The van der Waals surface area contributed by atoms with Crippen molar-refractivity contribution in [2.45, 2.75) is 6.92 Å². The molecular formula is C16H14Cl2O3. The van der Waals surface area contributed by atoms with E-state index >= 15 is 0 Å². The van der Waals surface area contributed by atoms with Gasteiger partial charge in [-0.25, -0.2) is 0 Å². The Labute approximate surface area is 133 Å². The van der Waals surface area contributed by atoms with Gasteiger partial charge in [-0.15, -0.1) is 0 Å². The van der Waals surface area contributed by atoms with E-state index < -0.39 is 0 Å². The summed E-state index contributed by atoms with van der Waals surface area (Å²) in [6.07, 6.45) is 0. The lowest BCUT2D eigenvalue weighted by Gasteiger charge is -2.11. The van der Waals surface area contributed by atoms with E-state index in [2.05, 4.69) is 0 Å². The quantitative estimate of drug-likeness (QED) is 0.725. The summed E-state index contributed by atoms with van der Waals surface area (Å²) in [6.45, 7) is 2.22. The largest absolute Gasteiger partial charge is 0.493 e. The number of carbonyl (C=O) groups excluding carboxylic acids is 1. The van der Waals surface area contributed by atoms with Gasteiger partial charge >= 0.3 is 0 Å². The zero-order valence-corrected chi connectivity index (χ0v) is 12.9. The molecule has 2 aromatic rings. The number of Topliss-reactive ketones (excluding diaryl/α,β-unsaturated/α-hetero) is 1. The van der Waals surface area contributed by atoms with Gasteiger partial charge in [0.1, 0.15) is 16.5 Å². The Balaban J connectivity index is 2.10. The number of benzene rings is 2. The number of hydrogen-bond donors (Lipinski definition) is 0. The fourth-order valence-electron chi connectivity index (χ4n) is 1.79. The minimum Gasteiger partial charge on any atom is -0.493 e. The molecule has 0 saturated heterocycles. The van der Waals surface area contributed by atoms with Crippen LogP contribution in [-0.2, 0) is 0 Å². The van der Waals surface area contributed by atoms with Crippen molar-refractivity contribution in [2.75, 3.05) is 13.2 Å². The molecule has 5 heteroatoms. The summed E-state index contributed by atoms with van der Waals surface area (Å²) in [5.41, 5.74) is 0.484. The van der Waals surface area contributed by atoms with Crippen molar-refractivity contribution in [3.05, 3.63) is 58.1 Å². The second-order valence-corrected chi connectivity index (χ2v) is 4.98. The Kier molecular flexibility index (Phi) is 5.48. The maximum Gasteiger partial charge on any atom is 0.203 e. The molecule has 0 aliphatic carbocycles. The third kappa shape index (κ3) is 3.90. The summed E-state index contributed by atoms with van der Waals surface area (Å²) >= 11 is 11.9. The Morgan fingerprint density at radius 2 is 1.71 bits per heavy atom. The molecule has 21 heavy (non-hydrogen) atoms. The average molecular weight is 325 g/mol. The molecule has 0 atom stereocenters. The number of halogens is 2. The number of ether oxygens (including phenoxy) is 2. The molecule has 110 valence electrons. The molecule has 3 nitrogen and oxygen atoms in total. The summed E-state index contributed by atoms with van der Waals surface area (Å²) in [7, 11) is 0. The second kappa shape index (κ2) is 7.34. The third-order valence-corrected chi connectivity index (χ3v) is 3.56. The van der Waals surface area contributed by atoms with Crippen molar-refractivity contribution in [1.29, 1.82) is 0 Å². The minimum absolute atomic E-state index is 0.135. The lowest BCUT2D eigenvalue weighted by Crippen LogP contribution is -2.13. The third-order valence-electron chi connectivity index (χ3n) is 2.76. The van der Waals surface area contributed by atoms with Crippen LogP contribution in [-0.4, -0.2) is 19.0 Å². The van der Waals surface area contributed by atoms with E-state index in [1.807, 2.05) is 13.0 Å². The number of carbonyl (C=O) groups is 1. The summed E-state index contributed by atoms with van der Waals surface area (Å²) in [6, 6.07) is 12.1. The van der Waals surface area contributed by atoms with E-state index in [9.17, 15) is 4.79 Å².